The van der Waals surface area contributed by atoms with E-state index in [1.54, 1.807) is 12.1 Å². The Kier molecular flexibility index (Phi) is 6.06. The van der Waals surface area contributed by atoms with Gasteiger partial charge in [0.2, 0.25) is 0 Å². The molecule has 0 spiro atoms. The molecule has 7 heteroatoms. The highest BCUT2D eigenvalue weighted by molar-refractivity contribution is 5.68. The van der Waals surface area contributed by atoms with Crippen LogP contribution in [0.2, 0.25) is 0 Å². The Labute approximate surface area is 103 Å². The van der Waals surface area contributed by atoms with Crippen molar-refractivity contribution >= 4 is 12.3 Å². The fourth-order valence-corrected chi connectivity index (χ4v) is 1.24. The maximum atomic E-state index is 10.6. The molecular weight excluding hydrogens is 242 g/mol. The standard InChI is InChI=1S/C11H15NO6/c13-5-8(1-4-11(15)16)12-17-7-10-3-2-9(6-14)18-10/h2-3,5,8,12,14H,1,4,6-7H2,(H,15,16). The van der Waals surface area contributed by atoms with Crippen LogP contribution in [-0.4, -0.2) is 28.5 Å². The van der Waals surface area contributed by atoms with Crippen LogP contribution >= 0.6 is 0 Å². The van der Waals surface area contributed by atoms with Gasteiger partial charge in [0.05, 0.1) is 6.04 Å². The first-order valence-corrected chi connectivity index (χ1v) is 5.38. The van der Waals surface area contributed by atoms with Crippen LogP contribution < -0.4 is 5.48 Å². The number of carbonyl (C=O) groups excluding carboxylic acids is 1. The number of furan rings is 1. The van der Waals surface area contributed by atoms with Crippen LogP contribution in [-0.2, 0) is 27.6 Å². The molecule has 3 N–H and O–H groups in total. The lowest BCUT2D eigenvalue weighted by molar-refractivity contribution is -0.137. The first kappa shape index (κ1) is 14.4. The Bertz CT molecular complexity index is 389. The first-order valence-electron chi connectivity index (χ1n) is 5.38. The Balaban J connectivity index is 2.26. The van der Waals surface area contributed by atoms with Gasteiger partial charge in [-0.3, -0.25) is 9.63 Å². The molecule has 1 unspecified atom stereocenters. The van der Waals surface area contributed by atoms with E-state index in [0.29, 0.717) is 17.8 Å². The number of aldehydes is 1. The zero-order valence-electron chi connectivity index (χ0n) is 9.67. The van der Waals surface area contributed by atoms with Gasteiger partial charge in [-0.05, 0) is 18.6 Å². The fraction of sp³-hybridized carbons (Fsp3) is 0.455. The highest BCUT2D eigenvalue weighted by Gasteiger charge is 2.10. The molecule has 0 radical (unpaired) electrons. The predicted molar refractivity (Wildman–Crippen MR) is 59.3 cm³/mol. The summed E-state index contributed by atoms with van der Waals surface area (Å²) in [4.78, 5) is 26.0. The van der Waals surface area contributed by atoms with Crippen LogP contribution in [0, 0.1) is 0 Å². The Hall–Kier alpha value is -1.70. The number of rotatable bonds is 9. The molecule has 0 aliphatic rings. The zero-order valence-corrected chi connectivity index (χ0v) is 9.67. The summed E-state index contributed by atoms with van der Waals surface area (Å²) in [5, 5.41) is 17.2. The van der Waals surface area contributed by atoms with Gasteiger partial charge in [0, 0.05) is 6.42 Å². The number of carboxylic acids is 1. The number of carboxylic acid groups (broad SMARTS) is 1. The average molecular weight is 257 g/mol. The van der Waals surface area contributed by atoms with E-state index >= 15 is 0 Å². The van der Waals surface area contributed by atoms with Crippen LogP contribution in [0.25, 0.3) is 0 Å². The molecule has 0 bridgehead atoms. The number of hydrogen-bond donors (Lipinski definition) is 3. The van der Waals surface area contributed by atoms with Crippen molar-refractivity contribution < 1.29 is 29.1 Å². The van der Waals surface area contributed by atoms with Crippen molar-refractivity contribution in [2.75, 3.05) is 0 Å². The van der Waals surface area contributed by atoms with E-state index in [1.807, 2.05) is 0 Å². The summed E-state index contributed by atoms with van der Waals surface area (Å²) in [6.45, 7) is -0.111. The van der Waals surface area contributed by atoms with Crippen molar-refractivity contribution in [2.45, 2.75) is 32.1 Å². The second-order valence-electron chi connectivity index (χ2n) is 3.61. The Morgan fingerprint density at radius 1 is 1.50 bits per heavy atom. The minimum atomic E-state index is -0.970. The molecule has 0 aromatic carbocycles. The van der Waals surface area contributed by atoms with Crippen LogP contribution in [0.1, 0.15) is 24.4 Å². The summed E-state index contributed by atoms with van der Waals surface area (Å²) in [5.41, 5.74) is 2.45. The molecule has 0 saturated carbocycles. The molecular formula is C11H15NO6. The molecule has 1 aromatic heterocycles. The highest BCUT2D eigenvalue weighted by Crippen LogP contribution is 2.08. The number of hydrogen-bond acceptors (Lipinski definition) is 6. The minimum Gasteiger partial charge on any atom is -0.481 e. The van der Waals surface area contributed by atoms with E-state index in [9.17, 15) is 9.59 Å². The van der Waals surface area contributed by atoms with Gasteiger partial charge < -0.3 is 19.4 Å². The molecule has 1 atom stereocenters. The Morgan fingerprint density at radius 3 is 2.78 bits per heavy atom. The van der Waals surface area contributed by atoms with Gasteiger partial charge in [0.15, 0.2) is 0 Å². The Morgan fingerprint density at radius 2 is 2.22 bits per heavy atom. The summed E-state index contributed by atoms with van der Waals surface area (Å²) in [5.74, 6) is -0.0527. The molecule has 100 valence electrons. The normalized spacial score (nSPS) is 12.3. The van der Waals surface area contributed by atoms with Crippen molar-refractivity contribution in [1.82, 2.24) is 5.48 Å². The monoisotopic (exact) mass is 257 g/mol. The molecule has 0 fully saturated rings. The molecule has 18 heavy (non-hydrogen) atoms. The third kappa shape index (κ3) is 5.09. The molecule has 0 amide bonds. The predicted octanol–water partition coefficient (Wildman–Crippen LogP) is 0.225. The van der Waals surface area contributed by atoms with Gasteiger partial charge in [0.25, 0.3) is 0 Å². The summed E-state index contributed by atoms with van der Waals surface area (Å²) in [7, 11) is 0. The number of carbonyl (C=O) groups is 2. The number of aliphatic carboxylic acids is 1. The molecule has 0 aliphatic carbocycles. The van der Waals surface area contributed by atoms with Crippen LogP contribution in [0.5, 0.6) is 0 Å². The maximum absolute atomic E-state index is 10.6. The van der Waals surface area contributed by atoms with Gasteiger partial charge in [-0.1, -0.05) is 0 Å². The lowest BCUT2D eigenvalue weighted by Gasteiger charge is -2.10. The lowest BCUT2D eigenvalue weighted by Crippen LogP contribution is -2.31. The van der Waals surface area contributed by atoms with E-state index in [4.69, 9.17) is 19.5 Å². The lowest BCUT2D eigenvalue weighted by atomic mass is 10.2. The fourth-order valence-electron chi connectivity index (χ4n) is 1.24. The van der Waals surface area contributed by atoms with Gasteiger partial charge in [-0.15, -0.1) is 0 Å². The number of hydroxylamine groups is 1. The third-order valence-electron chi connectivity index (χ3n) is 2.16. The van der Waals surface area contributed by atoms with Crippen molar-refractivity contribution in [3.8, 4) is 0 Å². The number of aliphatic hydroxyl groups is 1. The molecule has 1 aromatic rings. The second-order valence-corrected chi connectivity index (χ2v) is 3.61. The second kappa shape index (κ2) is 7.59. The average Bonchev–Trinajstić information content (AvgIpc) is 2.81. The van der Waals surface area contributed by atoms with E-state index < -0.39 is 12.0 Å². The maximum Gasteiger partial charge on any atom is 0.303 e. The minimum absolute atomic E-state index is 0.0808. The number of aliphatic hydroxyl groups excluding tert-OH is 1. The SMILES string of the molecule is O=CC(CCC(=O)O)NOCc1ccc(CO)o1. The largest absolute Gasteiger partial charge is 0.481 e. The molecule has 7 nitrogen and oxygen atoms in total. The highest BCUT2D eigenvalue weighted by atomic mass is 16.6. The number of nitrogens with one attached hydrogen (secondary N) is 1. The molecule has 0 saturated heterocycles. The quantitative estimate of drug-likeness (QED) is 0.429. The summed E-state index contributed by atoms with van der Waals surface area (Å²) >= 11 is 0. The smallest absolute Gasteiger partial charge is 0.303 e. The van der Waals surface area contributed by atoms with E-state index in [2.05, 4.69) is 5.48 Å². The molecule has 1 heterocycles. The van der Waals surface area contributed by atoms with Gasteiger partial charge in [-0.25, -0.2) is 0 Å². The van der Waals surface area contributed by atoms with Gasteiger partial charge in [-0.2, -0.15) is 5.48 Å². The van der Waals surface area contributed by atoms with Crippen LogP contribution in [0.4, 0.5) is 0 Å². The van der Waals surface area contributed by atoms with Crippen molar-refractivity contribution in [3.63, 3.8) is 0 Å². The van der Waals surface area contributed by atoms with Crippen molar-refractivity contribution in [3.05, 3.63) is 23.7 Å². The van der Waals surface area contributed by atoms with Crippen LogP contribution in [0.15, 0.2) is 16.5 Å². The van der Waals surface area contributed by atoms with E-state index in [0.717, 1.165) is 0 Å². The summed E-state index contributed by atoms with van der Waals surface area (Å²) in [6.07, 6.45) is 0.623. The van der Waals surface area contributed by atoms with Crippen molar-refractivity contribution in [1.29, 1.82) is 0 Å². The molecule has 1 rings (SSSR count). The van der Waals surface area contributed by atoms with Gasteiger partial charge >= 0.3 is 5.97 Å². The van der Waals surface area contributed by atoms with Crippen molar-refractivity contribution in [2.24, 2.45) is 0 Å². The van der Waals surface area contributed by atoms with E-state index in [1.165, 1.54) is 0 Å². The zero-order chi connectivity index (χ0) is 13.4. The third-order valence-corrected chi connectivity index (χ3v) is 2.16. The van der Waals surface area contributed by atoms with Crippen LogP contribution in [0.3, 0.4) is 0 Å². The summed E-state index contributed by atoms with van der Waals surface area (Å²) < 4.78 is 5.15. The van der Waals surface area contributed by atoms with E-state index in [-0.39, 0.29) is 26.1 Å². The first-order chi connectivity index (χ1) is 8.65. The topological polar surface area (TPSA) is 109 Å². The summed E-state index contributed by atoms with van der Waals surface area (Å²) in [6, 6.07) is 2.58. The van der Waals surface area contributed by atoms with Gasteiger partial charge in [0.1, 0.15) is 31.0 Å². The molecule has 0 aliphatic heterocycles.